The van der Waals surface area contributed by atoms with E-state index in [1.54, 1.807) is 23.5 Å². The quantitative estimate of drug-likeness (QED) is 0.908. The molecule has 0 spiro atoms. The zero-order chi connectivity index (χ0) is 10.1. The maximum absolute atomic E-state index is 9.91. The molecule has 74 valence electrons. The van der Waals surface area contributed by atoms with Crippen molar-refractivity contribution >= 4 is 27.3 Å². The third-order valence-electron chi connectivity index (χ3n) is 1.89. The van der Waals surface area contributed by atoms with Crippen LogP contribution in [0.15, 0.2) is 33.4 Å². The molecule has 14 heavy (non-hydrogen) atoms. The van der Waals surface area contributed by atoms with E-state index >= 15 is 0 Å². The van der Waals surface area contributed by atoms with E-state index < -0.39 is 6.10 Å². The fourth-order valence-electron chi connectivity index (χ4n) is 1.22. The first-order valence-corrected chi connectivity index (χ1v) is 5.77. The van der Waals surface area contributed by atoms with Crippen molar-refractivity contribution in [1.82, 2.24) is 0 Å². The molecule has 2 nitrogen and oxygen atoms in total. The van der Waals surface area contributed by atoms with Gasteiger partial charge in [0.1, 0.15) is 11.9 Å². The molecule has 2 heterocycles. The molecule has 1 N–H and O–H groups in total. The smallest absolute Gasteiger partial charge is 0.169 e. The lowest BCUT2D eigenvalue weighted by Gasteiger charge is -2.03. The van der Waals surface area contributed by atoms with E-state index in [-0.39, 0.29) is 0 Å². The summed E-state index contributed by atoms with van der Waals surface area (Å²) in [6.45, 7) is 2.01. The van der Waals surface area contributed by atoms with Crippen LogP contribution in [0.3, 0.4) is 0 Å². The van der Waals surface area contributed by atoms with Crippen molar-refractivity contribution in [2.45, 2.75) is 13.0 Å². The molecule has 1 unspecified atom stereocenters. The molecule has 1 atom stereocenters. The Morgan fingerprint density at radius 3 is 2.64 bits per heavy atom. The second-order valence-corrected chi connectivity index (χ2v) is 5.09. The minimum Gasteiger partial charge on any atom is -0.451 e. The Kier molecular flexibility index (Phi) is 2.76. The van der Waals surface area contributed by atoms with Crippen molar-refractivity contribution in [1.29, 1.82) is 0 Å². The predicted octanol–water partition coefficient (Wildman–Crippen LogP) is 3.49. The highest BCUT2D eigenvalue weighted by molar-refractivity contribution is 9.10. The Morgan fingerprint density at radius 1 is 1.36 bits per heavy atom. The Hall–Kier alpha value is -0.580. The van der Waals surface area contributed by atoms with Crippen LogP contribution in [0.1, 0.15) is 21.6 Å². The monoisotopic (exact) mass is 272 g/mol. The standard InChI is InChI=1S/C10H9BrO2S/c1-6-2-4-8(14-6)10(12)7-3-5-9(11)13-7/h2-5,10,12H,1H3. The molecule has 0 aliphatic heterocycles. The summed E-state index contributed by atoms with van der Waals surface area (Å²) >= 11 is 4.78. The van der Waals surface area contributed by atoms with Gasteiger partial charge in [0.05, 0.1) is 0 Å². The molecular formula is C10H9BrO2S. The van der Waals surface area contributed by atoms with E-state index in [2.05, 4.69) is 15.9 Å². The topological polar surface area (TPSA) is 33.4 Å². The zero-order valence-corrected chi connectivity index (χ0v) is 9.93. The van der Waals surface area contributed by atoms with E-state index in [0.29, 0.717) is 10.4 Å². The Labute approximate surface area is 94.3 Å². The van der Waals surface area contributed by atoms with Crippen molar-refractivity contribution in [2.75, 3.05) is 0 Å². The molecule has 0 bridgehead atoms. The lowest BCUT2D eigenvalue weighted by atomic mass is 10.2. The van der Waals surface area contributed by atoms with Crippen LogP contribution in [-0.4, -0.2) is 5.11 Å². The van der Waals surface area contributed by atoms with Gasteiger partial charge in [-0.1, -0.05) is 0 Å². The van der Waals surface area contributed by atoms with Crippen LogP contribution in [0, 0.1) is 6.92 Å². The zero-order valence-electron chi connectivity index (χ0n) is 7.53. The molecule has 0 radical (unpaired) electrons. The van der Waals surface area contributed by atoms with Gasteiger partial charge in [0.2, 0.25) is 0 Å². The van der Waals surface area contributed by atoms with Crippen LogP contribution in [0.4, 0.5) is 0 Å². The van der Waals surface area contributed by atoms with Crippen LogP contribution in [0.5, 0.6) is 0 Å². The Morgan fingerprint density at radius 2 is 2.14 bits per heavy atom. The van der Waals surface area contributed by atoms with Crippen LogP contribution in [0.2, 0.25) is 0 Å². The van der Waals surface area contributed by atoms with Gasteiger partial charge in [0.15, 0.2) is 4.67 Å². The SMILES string of the molecule is Cc1ccc(C(O)c2ccc(Br)o2)s1. The second-order valence-electron chi connectivity index (χ2n) is 2.99. The first-order valence-electron chi connectivity index (χ1n) is 4.16. The molecule has 2 rings (SSSR count). The van der Waals surface area contributed by atoms with Gasteiger partial charge in [0.25, 0.3) is 0 Å². The number of rotatable bonds is 2. The third kappa shape index (κ3) is 1.92. The maximum atomic E-state index is 9.91. The molecule has 0 aromatic carbocycles. The average molecular weight is 273 g/mol. The molecule has 0 fully saturated rings. The molecule has 0 aliphatic carbocycles. The number of furan rings is 1. The fourth-order valence-corrected chi connectivity index (χ4v) is 2.41. The minimum absolute atomic E-state index is 0.568. The summed E-state index contributed by atoms with van der Waals surface area (Å²) in [5, 5.41) is 9.91. The second kappa shape index (κ2) is 3.88. The first kappa shape index (κ1) is 9.96. The summed E-state index contributed by atoms with van der Waals surface area (Å²) in [7, 11) is 0. The molecule has 2 aromatic heterocycles. The van der Waals surface area contributed by atoms with Crippen molar-refractivity contribution in [3.8, 4) is 0 Å². The summed E-state index contributed by atoms with van der Waals surface area (Å²) in [5.74, 6) is 0.568. The van der Waals surface area contributed by atoms with Crippen LogP contribution < -0.4 is 0 Å². The van der Waals surface area contributed by atoms with Gasteiger partial charge < -0.3 is 9.52 Å². The molecule has 0 amide bonds. The highest BCUT2D eigenvalue weighted by atomic mass is 79.9. The number of thiophene rings is 1. The minimum atomic E-state index is -0.653. The summed E-state index contributed by atoms with van der Waals surface area (Å²) in [4.78, 5) is 2.09. The normalized spacial score (nSPS) is 13.1. The number of halogens is 1. The van der Waals surface area contributed by atoms with Crippen molar-refractivity contribution in [2.24, 2.45) is 0 Å². The van der Waals surface area contributed by atoms with E-state index in [4.69, 9.17) is 4.42 Å². The highest BCUT2D eigenvalue weighted by Gasteiger charge is 2.15. The average Bonchev–Trinajstić information content (AvgIpc) is 2.73. The van der Waals surface area contributed by atoms with Crippen molar-refractivity contribution in [3.63, 3.8) is 0 Å². The number of hydrogen-bond acceptors (Lipinski definition) is 3. The molecular weight excluding hydrogens is 264 g/mol. The van der Waals surface area contributed by atoms with Gasteiger partial charge in [-0.2, -0.15) is 0 Å². The summed E-state index contributed by atoms with van der Waals surface area (Å²) < 4.78 is 5.92. The lowest BCUT2D eigenvalue weighted by molar-refractivity contribution is 0.191. The Bertz CT molecular complexity index is 393. The van der Waals surface area contributed by atoms with Crippen molar-refractivity contribution < 1.29 is 9.52 Å². The van der Waals surface area contributed by atoms with E-state index in [1.165, 1.54) is 4.88 Å². The predicted molar refractivity (Wildman–Crippen MR) is 59.5 cm³/mol. The molecule has 0 saturated heterocycles. The summed E-state index contributed by atoms with van der Waals surface area (Å²) in [6, 6.07) is 7.45. The largest absolute Gasteiger partial charge is 0.451 e. The molecule has 4 heteroatoms. The third-order valence-corrected chi connectivity index (χ3v) is 3.37. The van der Waals surface area contributed by atoms with Gasteiger partial charge in [0, 0.05) is 9.75 Å². The number of aliphatic hydroxyl groups is 1. The van der Waals surface area contributed by atoms with Gasteiger partial charge in [-0.3, -0.25) is 0 Å². The van der Waals surface area contributed by atoms with Gasteiger partial charge >= 0.3 is 0 Å². The lowest BCUT2D eigenvalue weighted by Crippen LogP contribution is -1.93. The molecule has 0 aliphatic rings. The van der Waals surface area contributed by atoms with Crippen LogP contribution in [0.25, 0.3) is 0 Å². The van der Waals surface area contributed by atoms with E-state index in [1.807, 2.05) is 19.1 Å². The van der Waals surface area contributed by atoms with Gasteiger partial charge in [-0.25, -0.2) is 0 Å². The first-order chi connectivity index (χ1) is 6.66. The summed E-state index contributed by atoms with van der Waals surface area (Å²) in [6.07, 6.45) is -0.653. The van der Waals surface area contributed by atoms with Crippen molar-refractivity contribution in [3.05, 3.63) is 44.4 Å². The number of aliphatic hydroxyl groups excluding tert-OH is 1. The summed E-state index contributed by atoms with van der Waals surface area (Å²) in [5.41, 5.74) is 0. The molecule has 0 saturated carbocycles. The fraction of sp³-hybridized carbons (Fsp3) is 0.200. The number of hydrogen-bond donors (Lipinski definition) is 1. The van der Waals surface area contributed by atoms with Crippen LogP contribution >= 0.6 is 27.3 Å². The highest BCUT2D eigenvalue weighted by Crippen LogP contribution is 2.30. The Balaban J connectivity index is 2.28. The van der Waals surface area contributed by atoms with Crippen LogP contribution in [-0.2, 0) is 0 Å². The van der Waals surface area contributed by atoms with E-state index in [9.17, 15) is 5.11 Å². The van der Waals surface area contributed by atoms with E-state index in [0.717, 1.165) is 4.88 Å². The van der Waals surface area contributed by atoms with Gasteiger partial charge in [-0.15, -0.1) is 11.3 Å². The maximum Gasteiger partial charge on any atom is 0.169 e. The number of aryl methyl sites for hydroxylation is 1. The van der Waals surface area contributed by atoms with Gasteiger partial charge in [-0.05, 0) is 47.1 Å². The molecule has 2 aromatic rings.